The number of methoxy groups -OCH3 is 1. The van der Waals surface area contributed by atoms with Crippen LogP contribution in [0.1, 0.15) is 24.6 Å². The quantitative estimate of drug-likeness (QED) is 0.791. The van der Waals surface area contributed by atoms with Crippen molar-refractivity contribution >= 4 is 5.65 Å². The van der Waals surface area contributed by atoms with E-state index >= 15 is 0 Å². The lowest BCUT2D eigenvalue weighted by molar-refractivity contribution is 0.0781. The Kier molecular flexibility index (Phi) is 2.68. The fraction of sp³-hybridized carbons (Fsp3) is 0.500. The van der Waals surface area contributed by atoms with Crippen LogP contribution in [0.3, 0.4) is 0 Å². The highest BCUT2D eigenvalue weighted by Gasteiger charge is 2.21. The van der Waals surface area contributed by atoms with Crippen LogP contribution in [0, 0.1) is 0 Å². The minimum absolute atomic E-state index is 0.313. The molecule has 0 saturated carbocycles. The van der Waals surface area contributed by atoms with Crippen LogP contribution in [0.15, 0.2) is 18.3 Å². The van der Waals surface area contributed by atoms with E-state index in [9.17, 15) is 0 Å². The highest BCUT2D eigenvalue weighted by molar-refractivity contribution is 5.52. The first kappa shape index (κ1) is 10.5. The normalized spacial score (nSPS) is 20.6. The first-order valence-corrected chi connectivity index (χ1v) is 5.85. The third-order valence-electron chi connectivity index (χ3n) is 3.09. The molecule has 0 bridgehead atoms. The first-order valence-electron chi connectivity index (χ1n) is 5.85. The summed E-state index contributed by atoms with van der Waals surface area (Å²) in [6, 6.07) is 3.80. The molecule has 2 aromatic heterocycles. The SMILES string of the molecule is COc1cccn2nc(C3CCCOC3)nc12. The zero-order chi connectivity index (χ0) is 11.7. The minimum atomic E-state index is 0.313. The molecule has 0 radical (unpaired) electrons. The number of rotatable bonds is 2. The maximum atomic E-state index is 5.47. The predicted molar refractivity (Wildman–Crippen MR) is 62.3 cm³/mol. The number of hydrogen-bond acceptors (Lipinski definition) is 4. The first-order chi connectivity index (χ1) is 8.38. The van der Waals surface area contributed by atoms with Gasteiger partial charge in [0.05, 0.1) is 13.7 Å². The Morgan fingerprint density at radius 3 is 3.24 bits per heavy atom. The molecular formula is C12H15N3O2. The van der Waals surface area contributed by atoms with E-state index in [1.54, 1.807) is 11.6 Å². The van der Waals surface area contributed by atoms with Gasteiger partial charge in [0, 0.05) is 18.7 Å². The van der Waals surface area contributed by atoms with Crippen molar-refractivity contribution in [3.63, 3.8) is 0 Å². The van der Waals surface area contributed by atoms with Gasteiger partial charge in [-0.05, 0) is 25.0 Å². The largest absolute Gasteiger partial charge is 0.493 e. The zero-order valence-electron chi connectivity index (χ0n) is 9.80. The van der Waals surface area contributed by atoms with Crippen molar-refractivity contribution in [2.45, 2.75) is 18.8 Å². The van der Waals surface area contributed by atoms with Gasteiger partial charge < -0.3 is 9.47 Å². The number of pyridine rings is 1. The second-order valence-corrected chi connectivity index (χ2v) is 4.23. The molecule has 0 amide bonds. The predicted octanol–water partition coefficient (Wildman–Crippen LogP) is 1.63. The summed E-state index contributed by atoms with van der Waals surface area (Å²) in [5, 5.41) is 4.49. The summed E-state index contributed by atoms with van der Waals surface area (Å²) in [5.74, 6) is 1.92. The summed E-state index contributed by atoms with van der Waals surface area (Å²) >= 11 is 0. The van der Waals surface area contributed by atoms with Crippen molar-refractivity contribution in [1.29, 1.82) is 0 Å². The van der Waals surface area contributed by atoms with Gasteiger partial charge in [-0.2, -0.15) is 5.10 Å². The lowest BCUT2D eigenvalue weighted by atomic mass is 10.0. The fourth-order valence-corrected chi connectivity index (χ4v) is 2.17. The van der Waals surface area contributed by atoms with Gasteiger partial charge in [0.2, 0.25) is 0 Å². The summed E-state index contributed by atoms with van der Waals surface area (Å²) in [7, 11) is 1.65. The topological polar surface area (TPSA) is 48.7 Å². The molecule has 5 heteroatoms. The molecule has 2 aromatic rings. The maximum Gasteiger partial charge on any atom is 0.198 e. The van der Waals surface area contributed by atoms with Gasteiger partial charge in [0.25, 0.3) is 0 Å². The second kappa shape index (κ2) is 4.33. The van der Waals surface area contributed by atoms with Crippen LogP contribution < -0.4 is 4.74 Å². The molecule has 1 saturated heterocycles. The molecule has 1 unspecified atom stereocenters. The lowest BCUT2D eigenvalue weighted by Crippen LogP contribution is -2.16. The lowest BCUT2D eigenvalue weighted by Gasteiger charge is -2.18. The van der Waals surface area contributed by atoms with Crippen molar-refractivity contribution in [2.75, 3.05) is 20.3 Å². The highest BCUT2D eigenvalue weighted by Crippen LogP contribution is 2.25. The van der Waals surface area contributed by atoms with Gasteiger partial charge in [-0.3, -0.25) is 0 Å². The van der Waals surface area contributed by atoms with E-state index in [0.717, 1.165) is 43.3 Å². The molecule has 3 heterocycles. The van der Waals surface area contributed by atoms with Crippen molar-refractivity contribution in [2.24, 2.45) is 0 Å². The summed E-state index contributed by atoms with van der Waals surface area (Å²) in [6.45, 7) is 1.58. The minimum Gasteiger partial charge on any atom is -0.493 e. The van der Waals surface area contributed by atoms with E-state index in [1.165, 1.54) is 0 Å². The average Bonchev–Trinajstić information content (AvgIpc) is 2.83. The number of hydrogen-bond donors (Lipinski definition) is 0. The van der Waals surface area contributed by atoms with E-state index in [0.29, 0.717) is 5.92 Å². The van der Waals surface area contributed by atoms with Crippen LogP contribution >= 0.6 is 0 Å². The van der Waals surface area contributed by atoms with E-state index in [1.807, 2.05) is 18.3 Å². The molecule has 1 aliphatic heterocycles. The van der Waals surface area contributed by atoms with Crippen molar-refractivity contribution in [3.05, 3.63) is 24.2 Å². The van der Waals surface area contributed by atoms with Crippen molar-refractivity contribution in [1.82, 2.24) is 14.6 Å². The zero-order valence-corrected chi connectivity index (χ0v) is 9.80. The van der Waals surface area contributed by atoms with Crippen LogP contribution in [0.2, 0.25) is 0 Å². The van der Waals surface area contributed by atoms with Gasteiger partial charge >= 0.3 is 0 Å². The molecule has 17 heavy (non-hydrogen) atoms. The maximum absolute atomic E-state index is 5.47. The van der Waals surface area contributed by atoms with Gasteiger partial charge in [-0.15, -0.1) is 0 Å². The van der Waals surface area contributed by atoms with Crippen LogP contribution in [0.4, 0.5) is 0 Å². The molecule has 0 N–H and O–H groups in total. The Labute approximate surface area is 99.4 Å². The molecule has 0 aliphatic carbocycles. The molecule has 1 fully saturated rings. The van der Waals surface area contributed by atoms with E-state index in [4.69, 9.17) is 9.47 Å². The molecule has 3 rings (SSSR count). The van der Waals surface area contributed by atoms with Crippen LogP contribution in [0.25, 0.3) is 5.65 Å². The molecular weight excluding hydrogens is 218 g/mol. The summed E-state index contributed by atoms with van der Waals surface area (Å²) in [5.41, 5.74) is 0.774. The van der Waals surface area contributed by atoms with Gasteiger partial charge in [0.15, 0.2) is 17.2 Å². The Morgan fingerprint density at radius 1 is 1.53 bits per heavy atom. The van der Waals surface area contributed by atoms with Gasteiger partial charge in [0.1, 0.15) is 0 Å². The highest BCUT2D eigenvalue weighted by atomic mass is 16.5. The molecule has 1 aliphatic rings. The third kappa shape index (κ3) is 1.86. The molecule has 0 aromatic carbocycles. The fourth-order valence-electron chi connectivity index (χ4n) is 2.17. The standard InChI is InChI=1S/C12H15N3O2/c1-16-10-5-2-6-15-12(10)13-11(14-15)9-4-3-7-17-8-9/h2,5-6,9H,3-4,7-8H2,1H3. The average molecular weight is 233 g/mol. The number of ether oxygens (including phenoxy) is 2. The molecule has 1 atom stereocenters. The molecule has 90 valence electrons. The number of fused-ring (bicyclic) bond motifs is 1. The van der Waals surface area contributed by atoms with Crippen LogP contribution in [-0.4, -0.2) is 34.9 Å². The second-order valence-electron chi connectivity index (χ2n) is 4.23. The molecule has 0 spiro atoms. The number of aromatic nitrogens is 3. The van der Waals surface area contributed by atoms with Crippen LogP contribution in [0.5, 0.6) is 5.75 Å². The summed E-state index contributed by atoms with van der Waals surface area (Å²) < 4.78 is 12.5. The van der Waals surface area contributed by atoms with E-state index in [-0.39, 0.29) is 0 Å². The summed E-state index contributed by atoms with van der Waals surface area (Å²) in [4.78, 5) is 4.55. The Hall–Kier alpha value is -1.62. The third-order valence-corrected chi connectivity index (χ3v) is 3.09. The van der Waals surface area contributed by atoms with Crippen molar-refractivity contribution in [3.8, 4) is 5.75 Å². The Balaban J connectivity index is 2.00. The van der Waals surface area contributed by atoms with Gasteiger partial charge in [-0.1, -0.05) is 0 Å². The van der Waals surface area contributed by atoms with E-state index < -0.39 is 0 Å². The number of nitrogens with zero attached hydrogens (tertiary/aromatic N) is 3. The van der Waals surface area contributed by atoms with Gasteiger partial charge in [-0.25, -0.2) is 9.50 Å². The Bertz CT molecular complexity index is 517. The van der Waals surface area contributed by atoms with Crippen molar-refractivity contribution < 1.29 is 9.47 Å². The summed E-state index contributed by atoms with van der Waals surface area (Å²) in [6.07, 6.45) is 4.06. The molecule has 5 nitrogen and oxygen atoms in total. The van der Waals surface area contributed by atoms with Crippen LogP contribution in [-0.2, 0) is 4.74 Å². The monoisotopic (exact) mass is 233 g/mol. The smallest absolute Gasteiger partial charge is 0.198 e. The van der Waals surface area contributed by atoms with E-state index in [2.05, 4.69) is 10.1 Å². The Morgan fingerprint density at radius 2 is 2.47 bits per heavy atom.